The van der Waals surface area contributed by atoms with E-state index in [1.807, 2.05) is 0 Å². The van der Waals surface area contributed by atoms with Gasteiger partial charge in [0.05, 0.1) is 6.61 Å². The van der Waals surface area contributed by atoms with Crippen LogP contribution in [0.25, 0.3) is 0 Å². The van der Waals surface area contributed by atoms with Crippen LogP contribution in [-0.2, 0) is 4.74 Å². The highest BCUT2D eigenvalue weighted by Gasteiger charge is 2.01. The molecule has 0 bridgehead atoms. The van der Waals surface area contributed by atoms with E-state index >= 15 is 0 Å². The summed E-state index contributed by atoms with van der Waals surface area (Å²) >= 11 is 0. The van der Waals surface area contributed by atoms with Gasteiger partial charge in [-0.25, -0.2) is 0 Å². The zero-order chi connectivity index (χ0) is 6.57. The van der Waals surface area contributed by atoms with E-state index in [1.54, 1.807) is 6.92 Å². The first-order valence-corrected chi connectivity index (χ1v) is 2.28. The fourth-order valence-electron chi connectivity index (χ4n) is 0.225. The lowest BCUT2D eigenvalue weighted by Gasteiger charge is -2.03. The lowest BCUT2D eigenvalue weighted by molar-refractivity contribution is -0.131. The van der Waals surface area contributed by atoms with Gasteiger partial charge in [-0.2, -0.15) is 8.78 Å². The highest BCUT2D eigenvalue weighted by molar-refractivity contribution is 4.46. The van der Waals surface area contributed by atoms with Crippen molar-refractivity contribution in [3.8, 4) is 0 Å². The van der Waals surface area contributed by atoms with Crippen LogP contribution >= 0.6 is 0 Å². The van der Waals surface area contributed by atoms with Crippen molar-refractivity contribution in [1.29, 1.82) is 0 Å². The Morgan fingerprint density at radius 2 is 2.12 bits per heavy atom. The fraction of sp³-hybridized carbons (Fsp3) is 1.00. The minimum absolute atomic E-state index is 0.0856. The van der Waals surface area contributed by atoms with Gasteiger partial charge >= 0.3 is 6.61 Å². The van der Waals surface area contributed by atoms with Gasteiger partial charge < -0.3 is 10.5 Å². The molecule has 0 aromatic rings. The molecular formula is C4H9F2NO. The summed E-state index contributed by atoms with van der Waals surface area (Å²) in [6, 6.07) is -0.316. The molecular weight excluding hydrogens is 116 g/mol. The highest BCUT2D eigenvalue weighted by atomic mass is 19.3. The Morgan fingerprint density at radius 3 is 2.25 bits per heavy atom. The molecule has 4 heteroatoms. The monoisotopic (exact) mass is 125 g/mol. The van der Waals surface area contributed by atoms with Crippen LogP contribution in [0, 0.1) is 0 Å². The predicted octanol–water partition coefficient (Wildman–Crippen LogP) is 0.573. The van der Waals surface area contributed by atoms with Crippen molar-refractivity contribution >= 4 is 0 Å². The largest absolute Gasteiger partial charge is 0.345 e. The first-order valence-electron chi connectivity index (χ1n) is 2.28. The molecule has 0 aliphatic carbocycles. The molecule has 0 aromatic carbocycles. The first-order chi connectivity index (χ1) is 3.63. The second-order valence-electron chi connectivity index (χ2n) is 1.57. The van der Waals surface area contributed by atoms with Crippen molar-refractivity contribution in [2.75, 3.05) is 6.61 Å². The fourth-order valence-corrected chi connectivity index (χ4v) is 0.225. The van der Waals surface area contributed by atoms with Crippen molar-refractivity contribution in [2.24, 2.45) is 5.73 Å². The van der Waals surface area contributed by atoms with Gasteiger partial charge in [-0.05, 0) is 6.92 Å². The minimum atomic E-state index is -2.69. The number of rotatable bonds is 3. The third-order valence-corrected chi connectivity index (χ3v) is 0.485. The van der Waals surface area contributed by atoms with Gasteiger partial charge in [0.2, 0.25) is 0 Å². The van der Waals surface area contributed by atoms with Crippen LogP contribution in [-0.4, -0.2) is 19.3 Å². The topological polar surface area (TPSA) is 35.2 Å². The van der Waals surface area contributed by atoms with Gasteiger partial charge in [0.25, 0.3) is 0 Å². The number of halogens is 2. The van der Waals surface area contributed by atoms with Crippen LogP contribution in [0.15, 0.2) is 0 Å². The molecule has 0 heterocycles. The lowest BCUT2D eigenvalue weighted by atomic mass is 10.4. The van der Waals surface area contributed by atoms with E-state index in [-0.39, 0.29) is 12.6 Å². The maximum atomic E-state index is 11.1. The Bertz CT molecular complexity index is 50.0. The van der Waals surface area contributed by atoms with Gasteiger partial charge in [0.15, 0.2) is 0 Å². The van der Waals surface area contributed by atoms with Crippen molar-refractivity contribution in [2.45, 2.75) is 19.6 Å². The molecule has 8 heavy (non-hydrogen) atoms. The summed E-state index contributed by atoms with van der Waals surface area (Å²) < 4.78 is 26.1. The maximum absolute atomic E-state index is 11.1. The van der Waals surface area contributed by atoms with Gasteiger partial charge in [-0.1, -0.05) is 0 Å². The Hall–Kier alpha value is -0.220. The molecule has 2 nitrogen and oxygen atoms in total. The Morgan fingerprint density at radius 1 is 1.62 bits per heavy atom. The van der Waals surface area contributed by atoms with E-state index in [0.29, 0.717) is 0 Å². The van der Waals surface area contributed by atoms with E-state index in [2.05, 4.69) is 4.74 Å². The highest BCUT2D eigenvalue weighted by Crippen LogP contribution is 1.93. The van der Waals surface area contributed by atoms with Crippen molar-refractivity contribution < 1.29 is 13.5 Å². The Balaban J connectivity index is 2.93. The van der Waals surface area contributed by atoms with E-state index < -0.39 is 6.61 Å². The second-order valence-corrected chi connectivity index (χ2v) is 1.57. The number of nitrogens with two attached hydrogens (primary N) is 1. The molecule has 1 atom stereocenters. The van der Waals surface area contributed by atoms with E-state index in [1.165, 1.54) is 0 Å². The molecule has 0 radical (unpaired) electrons. The summed E-state index contributed by atoms with van der Waals surface area (Å²) in [7, 11) is 0. The average molecular weight is 125 g/mol. The summed E-state index contributed by atoms with van der Waals surface area (Å²) in [5.74, 6) is 0. The number of hydrogen-bond donors (Lipinski definition) is 1. The molecule has 0 unspecified atom stereocenters. The van der Waals surface area contributed by atoms with Crippen molar-refractivity contribution in [1.82, 2.24) is 0 Å². The number of alkyl halides is 2. The van der Waals surface area contributed by atoms with Crippen LogP contribution in [0.4, 0.5) is 8.78 Å². The van der Waals surface area contributed by atoms with E-state index in [4.69, 9.17) is 5.73 Å². The lowest BCUT2D eigenvalue weighted by Crippen LogP contribution is -2.23. The molecule has 50 valence electrons. The molecule has 0 amide bonds. The Kier molecular flexibility index (Phi) is 3.64. The molecule has 0 spiro atoms. The van der Waals surface area contributed by atoms with Gasteiger partial charge in [0.1, 0.15) is 0 Å². The van der Waals surface area contributed by atoms with Gasteiger partial charge in [-0.15, -0.1) is 0 Å². The standard InChI is InChI=1S/C4H9F2NO/c1-3(7)2-8-4(5)6/h3-4H,2,7H2,1H3/t3-/m1/s1. The maximum Gasteiger partial charge on any atom is 0.345 e. The quantitative estimate of drug-likeness (QED) is 0.598. The molecule has 0 aromatic heterocycles. The third-order valence-electron chi connectivity index (χ3n) is 0.485. The molecule has 0 saturated carbocycles. The normalized spacial score (nSPS) is 14.6. The molecule has 0 rings (SSSR count). The smallest absolute Gasteiger partial charge is 0.326 e. The molecule has 0 aliphatic rings. The number of hydrogen-bond acceptors (Lipinski definition) is 2. The molecule has 2 N–H and O–H groups in total. The van der Waals surface area contributed by atoms with Crippen LogP contribution in [0.2, 0.25) is 0 Å². The van der Waals surface area contributed by atoms with Gasteiger partial charge in [-0.3, -0.25) is 0 Å². The summed E-state index contributed by atoms with van der Waals surface area (Å²) in [5, 5.41) is 0. The first kappa shape index (κ1) is 7.78. The van der Waals surface area contributed by atoms with Crippen molar-refractivity contribution in [3.63, 3.8) is 0 Å². The van der Waals surface area contributed by atoms with Crippen LogP contribution in [0.1, 0.15) is 6.92 Å². The van der Waals surface area contributed by atoms with Crippen LogP contribution in [0.5, 0.6) is 0 Å². The van der Waals surface area contributed by atoms with E-state index in [0.717, 1.165) is 0 Å². The van der Waals surface area contributed by atoms with Crippen molar-refractivity contribution in [3.05, 3.63) is 0 Å². The summed E-state index contributed by atoms with van der Waals surface area (Å²) in [6.45, 7) is -1.18. The molecule has 0 fully saturated rings. The summed E-state index contributed by atoms with van der Waals surface area (Å²) in [4.78, 5) is 0. The van der Waals surface area contributed by atoms with Crippen LogP contribution < -0.4 is 5.73 Å². The molecule has 0 saturated heterocycles. The summed E-state index contributed by atoms with van der Waals surface area (Å²) in [6.07, 6.45) is 0. The van der Waals surface area contributed by atoms with E-state index in [9.17, 15) is 8.78 Å². The second kappa shape index (κ2) is 3.74. The minimum Gasteiger partial charge on any atom is -0.326 e. The third kappa shape index (κ3) is 5.78. The van der Waals surface area contributed by atoms with Crippen LogP contribution in [0.3, 0.4) is 0 Å². The SMILES string of the molecule is C[C@@H](N)COC(F)F. The Labute approximate surface area is 46.6 Å². The summed E-state index contributed by atoms with van der Waals surface area (Å²) in [5.41, 5.74) is 5.08. The predicted molar refractivity (Wildman–Crippen MR) is 25.6 cm³/mol. The zero-order valence-corrected chi connectivity index (χ0v) is 4.60. The zero-order valence-electron chi connectivity index (χ0n) is 4.60. The van der Waals surface area contributed by atoms with Gasteiger partial charge in [0, 0.05) is 6.04 Å². The average Bonchev–Trinajstić information content (AvgIpc) is 1.61. The number of ether oxygens (including phenoxy) is 1. The molecule has 0 aliphatic heterocycles.